The summed E-state index contributed by atoms with van der Waals surface area (Å²) in [5.41, 5.74) is -8.16. The molecule has 0 unspecified atom stereocenters. The molecule has 1 aliphatic rings. The summed E-state index contributed by atoms with van der Waals surface area (Å²) in [6, 6.07) is 2.76. The van der Waals surface area contributed by atoms with Gasteiger partial charge in [0.1, 0.15) is 11.1 Å². The number of alkyl halides is 9. The molecule has 2 aromatic rings. The summed E-state index contributed by atoms with van der Waals surface area (Å²) in [5.74, 6) is -0.474. The molecule has 1 saturated carbocycles. The first-order valence-electron chi connectivity index (χ1n) is 12.6. The average Bonchev–Trinajstić information content (AvgIpc) is 3.28. The summed E-state index contributed by atoms with van der Waals surface area (Å²) in [5, 5.41) is 2.59. The van der Waals surface area contributed by atoms with Crippen molar-refractivity contribution >= 4 is 11.9 Å². The standard InChI is InChI=1S/C28H28F9NO3/c1-24(2,3)41-23(40)38-25(8-4-5-9-25)22(39)7-6-16-10-17(12-19(11-16)26(29,30)31)18-13-20(27(32,33)34)15-21(14-18)28(35,36)37/h10-15H,4-9H2,1-3H3,(H,38,40). The Hall–Kier alpha value is -3.25. The number of hydrogen-bond donors (Lipinski definition) is 1. The van der Waals surface area contributed by atoms with Gasteiger partial charge in [0, 0.05) is 6.42 Å². The number of carbonyl (C=O) groups excluding carboxylic acids is 2. The second kappa shape index (κ2) is 11.2. The van der Waals surface area contributed by atoms with Gasteiger partial charge in [0.2, 0.25) is 0 Å². The van der Waals surface area contributed by atoms with E-state index in [4.69, 9.17) is 4.74 Å². The number of nitrogens with one attached hydrogen (secondary N) is 1. The summed E-state index contributed by atoms with van der Waals surface area (Å²) in [4.78, 5) is 25.6. The number of amides is 1. The van der Waals surface area contributed by atoms with Crippen molar-refractivity contribution in [3.8, 4) is 11.1 Å². The first-order valence-corrected chi connectivity index (χ1v) is 12.6. The fraction of sp³-hybridized carbons (Fsp3) is 0.500. The van der Waals surface area contributed by atoms with Gasteiger partial charge in [-0.2, -0.15) is 39.5 Å². The van der Waals surface area contributed by atoms with Crippen molar-refractivity contribution in [3.05, 3.63) is 58.7 Å². The highest BCUT2D eigenvalue weighted by atomic mass is 19.4. The number of Topliss-reactive ketones (excluding diaryl/α,β-unsaturated/α-hetero) is 1. The van der Waals surface area contributed by atoms with Crippen LogP contribution in [0.25, 0.3) is 11.1 Å². The smallest absolute Gasteiger partial charge is 0.416 e. The largest absolute Gasteiger partial charge is 0.444 e. The highest BCUT2D eigenvalue weighted by molar-refractivity contribution is 5.92. The van der Waals surface area contributed by atoms with Crippen LogP contribution in [0.15, 0.2) is 36.4 Å². The van der Waals surface area contributed by atoms with Gasteiger partial charge in [-0.05, 0) is 87.1 Å². The molecule has 4 nitrogen and oxygen atoms in total. The maximum absolute atomic E-state index is 13.7. The van der Waals surface area contributed by atoms with Crippen LogP contribution in [-0.4, -0.2) is 23.0 Å². The van der Waals surface area contributed by atoms with Gasteiger partial charge < -0.3 is 10.1 Å². The third kappa shape index (κ3) is 8.38. The highest BCUT2D eigenvalue weighted by Gasteiger charge is 2.43. The molecule has 0 atom stereocenters. The van der Waals surface area contributed by atoms with Crippen molar-refractivity contribution in [3.63, 3.8) is 0 Å². The number of rotatable bonds is 6. The number of ether oxygens (including phenoxy) is 1. The van der Waals surface area contributed by atoms with E-state index >= 15 is 0 Å². The summed E-state index contributed by atoms with van der Waals surface area (Å²) < 4.78 is 126. The Morgan fingerprint density at radius 1 is 0.732 bits per heavy atom. The van der Waals surface area contributed by atoms with Crippen molar-refractivity contribution in [2.75, 3.05) is 0 Å². The van der Waals surface area contributed by atoms with Crippen LogP contribution >= 0.6 is 0 Å². The van der Waals surface area contributed by atoms with Gasteiger partial charge in [-0.1, -0.05) is 18.9 Å². The fourth-order valence-electron chi connectivity index (χ4n) is 4.74. The molecule has 0 aromatic heterocycles. The first-order chi connectivity index (χ1) is 18.6. The van der Waals surface area contributed by atoms with Crippen LogP contribution in [0.3, 0.4) is 0 Å². The lowest BCUT2D eigenvalue weighted by Gasteiger charge is -2.30. The topological polar surface area (TPSA) is 55.4 Å². The van der Waals surface area contributed by atoms with Crippen LogP contribution in [0.4, 0.5) is 44.3 Å². The predicted octanol–water partition coefficient (Wildman–Crippen LogP) is 8.75. The minimum atomic E-state index is -5.19. The van der Waals surface area contributed by atoms with Gasteiger partial charge in [-0.3, -0.25) is 4.79 Å². The Kier molecular flexibility index (Phi) is 8.82. The van der Waals surface area contributed by atoms with Crippen molar-refractivity contribution < 1.29 is 53.8 Å². The number of carbonyl (C=O) groups is 2. The number of hydrogen-bond acceptors (Lipinski definition) is 3. The van der Waals surface area contributed by atoms with E-state index < -0.39 is 69.4 Å². The summed E-state index contributed by atoms with van der Waals surface area (Å²) in [6.45, 7) is 4.88. The number of benzene rings is 2. The van der Waals surface area contributed by atoms with Crippen LogP contribution in [0.1, 0.15) is 75.1 Å². The van der Waals surface area contributed by atoms with Crippen molar-refractivity contribution in [1.82, 2.24) is 5.32 Å². The van der Waals surface area contributed by atoms with Gasteiger partial charge in [-0.25, -0.2) is 4.79 Å². The van der Waals surface area contributed by atoms with Crippen LogP contribution < -0.4 is 5.32 Å². The zero-order valence-corrected chi connectivity index (χ0v) is 22.3. The summed E-state index contributed by atoms with van der Waals surface area (Å²) in [7, 11) is 0. The summed E-state index contributed by atoms with van der Waals surface area (Å²) >= 11 is 0. The predicted molar refractivity (Wildman–Crippen MR) is 131 cm³/mol. The number of ketones is 1. The second-order valence-corrected chi connectivity index (χ2v) is 11.1. The van der Waals surface area contributed by atoms with E-state index in [0.717, 1.165) is 6.07 Å². The molecule has 3 rings (SSSR count). The quantitative estimate of drug-likeness (QED) is 0.339. The zero-order chi connectivity index (χ0) is 31.0. The summed E-state index contributed by atoms with van der Waals surface area (Å²) in [6.07, 6.45) is -15.1. The maximum atomic E-state index is 13.7. The fourth-order valence-corrected chi connectivity index (χ4v) is 4.74. The molecule has 0 aliphatic heterocycles. The van der Waals surface area contributed by atoms with E-state index in [2.05, 4.69) is 5.32 Å². The molecule has 1 amide bonds. The Morgan fingerprint density at radius 3 is 1.61 bits per heavy atom. The molecule has 226 valence electrons. The SMILES string of the molecule is CC(C)(C)OC(=O)NC1(C(=O)CCc2cc(-c3cc(C(F)(F)F)cc(C(F)(F)F)c3)cc(C(F)(F)F)c2)CCCC1. The zero-order valence-electron chi connectivity index (χ0n) is 22.3. The molecule has 0 radical (unpaired) electrons. The van der Waals surface area contributed by atoms with E-state index in [1.54, 1.807) is 20.8 Å². The Morgan fingerprint density at radius 2 is 1.17 bits per heavy atom. The molecule has 1 aliphatic carbocycles. The van der Waals surface area contributed by atoms with Gasteiger partial charge in [0.25, 0.3) is 0 Å². The highest BCUT2D eigenvalue weighted by Crippen LogP contribution is 2.40. The van der Waals surface area contributed by atoms with E-state index in [1.807, 2.05) is 0 Å². The van der Waals surface area contributed by atoms with E-state index in [9.17, 15) is 49.1 Å². The molecule has 0 saturated heterocycles. The van der Waals surface area contributed by atoms with Gasteiger partial charge in [0.15, 0.2) is 5.78 Å². The van der Waals surface area contributed by atoms with Crippen LogP contribution in [0.5, 0.6) is 0 Å². The van der Waals surface area contributed by atoms with Gasteiger partial charge >= 0.3 is 24.6 Å². The molecule has 1 fully saturated rings. The molecule has 0 spiro atoms. The van der Waals surface area contributed by atoms with Crippen molar-refractivity contribution in [1.29, 1.82) is 0 Å². The minimum Gasteiger partial charge on any atom is -0.444 e. The number of halogens is 9. The Balaban J connectivity index is 1.97. The lowest BCUT2D eigenvalue weighted by Crippen LogP contribution is -2.53. The number of aryl methyl sites for hydroxylation is 1. The third-order valence-electron chi connectivity index (χ3n) is 6.61. The molecule has 1 N–H and O–H groups in total. The molecule has 2 aromatic carbocycles. The van der Waals surface area contributed by atoms with Crippen LogP contribution in [0, 0.1) is 0 Å². The average molecular weight is 598 g/mol. The third-order valence-corrected chi connectivity index (χ3v) is 6.61. The normalized spacial score (nSPS) is 16.0. The molecule has 13 heteroatoms. The Bertz CT molecular complexity index is 1250. The van der Waals surface area contributed by atoms with Crippen LogP contribution in [0.2, 0.25) is 0 Å². The molecular formula is C28H28F9NO3. The van der Waals surface area contributed by atoms with Gasteiger partial charge in [0.05, 0.1) is 16.7 Å². The van der Waals surface area contributed by atoms with Crippen molar-refractivity contribution in [2.45, 2.75) is 89.0 Å². The van der Waals surface area contributed by atoms with Crippen molar-refractivity contribution in [2.24, 2.45) is 0 Å². The lowest BCUT2D eigenvalue weighted by atomic mass is 9.87. The monoisotopic (exact) mass is 597 g/mol. The molecule has 0 bridgehead atoms. The van der Waals surface area contributed by atoms with E-state index in [0.29, 0.717) is 37.1 Å². The minimum absolute atomic E-state index is 0.116. The molecular weight excluding hydrogens is 569 g/mol. The Labute approximate surface area is 230 Å². The molecule has 41 heavy (non-hydrogen) atoms. The maximum Gasteiger partial charge on any atom is 0.416 e. The lowest BCUT2D eigenvalue weighted by molar-refractivity contribution is -0.143. The second-order valence-electron chi connectivity index (χ2n) is 11.1. The van der Waals surface area contributed by atoms with Crippen LogP contribution in [-0.2, 0) is 34.5 Å². The van der Waals surface area contributed by atoms with E-state index in [1.165, 1.54) is 0 Å². The first kappa shape index (κ1) is 32.3. The van der Waals surface area contributed by atoms with E-state index in [-0.39, 0.29) is 37.3 Å². The molecule has 0 heterocycles. The van der Waals surface area contributed by atoms with Gasteiger partial charge in [-0.15, -0.1) is 0 Å². The number of alkyl carbamates (subject to hydrolysis) is 1.